The van der Waals surface area contributed by atoms with E-state index in [1.807, 2.05) is 48.5 Å². The maximum Gasteiger partial charge on any atom is 0.231 e. The number of fused-ring (bicyclic) bond motifs is 6. The predicted octanol–water partition coefficient (Wildman–Crippen LogP) is 10.5. The van der Waals surface area contributed by atoms with Crippen LogP contribution in [-0.2, 0) is 0 Å². The summed E-state index contributed by atoms with van der Waals surface area (Å²) in [5, 5.41) is 4.35. The minimum atomic E-state index is 0.583. The summed E-state index contributed by atoms with van der Waals surface area (Å²) in [6.07, 6.45) is 0. The standard InChI is InChI=1S/C40H25N3O/c1-4-12-26(13-5-1)29-20-22-35-32(24-29)31-18-10-11-19-34(31)43(35)30-21-23-36-33(25-30)37-38(27-14-6-2-7-15-27)41-39(42-40(37)44-36)28-16-8-3-9-17-28/h1-25H. The molecule has 0 unspecified atom stereocenters. The lowest BCUT2D eigenvalue weighted by Gasteiger charge is -2.09. The van der Waals surface area contributed by atoms with Crippen LogP contribution in [0.3, 0.4) is 0 Å². The highest BCUT2D eigenvalue weighted by atomic mass is 16.3. The lowest BCUT2D eigenvalue weighted by molar-refractivity contribution is 0.653. The van der Waals surface area contributed by atoms with E-state index in [2.05, 4.69) is 108 Å². The largest absolute Gasteiger partial charge is 0.438 e. The molecule has 0 aliphatic carbocycles. The molecule has 44 heavy (non-hydrogen) atoms. The molecule has 0 aliphatic rings. The molecule has 9 rings (SSSR count). The third kappa shape index (κ3) is 3.85. The van der Waals surface area contributed by atoms with E-state index in [0.29, 0.717) is 11.5 Å². The van der Waals surface area contributed by atoms with Gasteiger partial charge in [-0.3, -0.25) is 0 Å². The molecule has 0 atom stereocenters. The highest BCUT2D eigenvalue weighted by Crippen LogP contribution is 2.39. The molecule has 0 aliphatic heterocycles. The molecule has 0 fully saturated rings. The predicted molar refractivity (Wildman–Crippen MR) is 180 cm³/mol. The number of para-hydroxylation sites is 1. The molecule has 9 aromatic rings. The summed E-state index contributed by atoms with van der Waals surface area (Å²) in [7, 11) is 0. The molecule has 0 saturated heterocycles. The zero-order chi connectivity index (χ0) is 29.0. The first kappa shape index (κ1) is 24.6. The van der Waals surface area contributed by atoms with Crippen LogP contribution in [-0.4, -0.2) is 14.5 Å². The van der Waals surface area contributed by atoms with Gasteiger partial charge in [-0.1, -0.05) is 115 Å². The maximum absolute atomic E-state index is 6.43. The molecule has 4 nitrogen and oxygen atoms in total. The van der Waals surface area contributed by atoms with Gasteiger partial charge in [-0.15, -0.1) is 0 Å². The minimum Gasteiger partial charge on any atom is -0.438 e. The third-order valence-corrected chi connectivity index (χ3v) is 8.43. The Balaban J connectivity index is 1.31. The zero-order valence-electron chi connectivity index (χ0n) is 23.7. The quantitative estimate of drug-likeness (QED) is 0.214. The van der Waals surface area contributed by atoms with Gasteiger partial charge in [0, 0.05) is 33.0 Å². The number of nitrogens with zero attached hydrogens (tertiary/aromatic N) is 3. The highest BCUT2D eigenvalue weighted by molar-refractivity contribution is 6.13. The van der Waals surface area contributed by atoms with Crippen LogP contribution in [0.5, 0.6) is 0 Å². The summed E-state index contributed by atoms with van der Waals surface area (Å²) < 4.78 is 8.77. The smallest absolute Gasteiger partial charge is 0.231 e. The maximum atomic E-state index is 6.43. The minimum absolute atomic E-state index is 0.583. The zero-order valence-corrected chi connectivity index (χ0v) is 23.7. The van der Waals surface area contributed by atoms with E-state index in [1.165, 1.54) is 21.9 Å². The summed E-state index contributed by atoms with van der Waals surface area (Å²) in [4.78, 5) is 10.0. The number of furan rings is 1. The first-order chi connectivity index (χ1) is 21.8. The van der Waals surface area contributed by atoms with E-state index in [9.17, 15) is 0 Å². The fourth-order valence-electron chi connectivity index (χ4n) is 6.38. The second-order valence-corrected chi connectivity index (χ2v) is 11.0. The van der Waals surface area contributed by atoms with Crippen molar-refractivity contribution in [1.82, 2.24) is 14.5 Å². The van der Waals surface area contributed by atoms with Crippen molar-refractivity contribution in [2.24, 2.45) is 0 Å². The van der Waals surface area contributed by atoms with Crippen molar-refractivity contribution >= 4 is 43.9 Å². The summed E-state index contributed by atoms with van der Waals surface area (Å²) in [5.41, 5.74) is 9.99. The van der Waals surface area contributed by atoms with Crippen molar-refractivity contribution in [2.75, 3.05) is 0 Å². The van der Waals surface area contributed by atoms with Gasteiger partial charge >= 0.3 is 0 Å². The van der Waals surface area contributed by atoms with E-state index in [1.54, 1.807) is 0 Å². The fraction of sp³-hybridized carbons (Fsp3) is 0. The van der Waals surface area contributed by atoms with Gasteiger partial charge in [0.15, 0.2) is 5.82 Å². The lowest BCUT2D eigenvalue weighted by atomic mass is 10.0. The van der Waals surface area contributed by atoms with E-state index in [4.69, 9.17) is 14.4 Å². The average Bonchev–Trinajstić information content (AvgIpc) is 3.64. The number of aromatic nitrogens is 3. The Morgan fingerprint density at radius 2 is 1.11 bits per heavy atom. The molecule has 3 heterocycles. The molecule has 0 bridgehead atoms. The Kier molecular flexibility index (Phi) is 5.47. The van der Waals surface area contributed by atoms with Crippen molar-refractivity contribution in [1.29, 1.82) is 0 Å². The van der Waals surface area contributed by atoms with Crippen LogP contribution < -0.4 is 0 Å². The molecular weight excluding hydrogens is 538 g/mol. The van der Waals surface area contributed by atoms with Crippen LogP contribution in [0.25, 0.3) is 83.3 Å². The lowest BCUT2D eigenvalue weighted by Crippen LogP contribution is -1.95. The summed E-state index contributed by atoms with van der Waals surface area (Å²) in [6.45, 7) is 0. The molecular formula is C40H25N3O. The molecule has 0 saturated carbocycles. The van der Waals surface area contributed by atoms with Gasteiger partial charge < -0.3 is 8.98 Å². The van der Waals surface area contributed by atoms with Gasteiger partial charge in [0.1, 0.15) is 5.58 Å². The van der Waals surface area contributed by atoms with Gasteiger partial charge in [0.2, 0.25) is 5.71 Å². The highest BCUT2D eigenvalue weighted by Gasteiger charge is 2.20. The second kappa shape index (κ2) is 9.79. The molecule has 0 spiro atoms. The molecule has 6 aromatic carbocycles. The number of hydrogen-bond donors (Lipinski definition) is 0. The van der Waals surface area contributed by atoms with E-state index >= 15 is 0 Å². The summed E-state index contributed by atoms with van der Waals surface area (Å²) >= 11 is 0. The molecule has 0 amide bonds. The van der Waals surface area contributed by atoms with Crippen molar-refractivity contribution in [3.05, 3.63) is 152 Å². The molecule has 0 radical (unpaired) electrons. The SMILES string of the molecule is c1ccc(-c2ccc3c(c2)c2ccccc2n3-c2ccc3oc4nc(-c5ccccc5)nc(-c5ccccc5)c4c3c2)cc1. The molecule has 3 aromatic heterocycles. The van der Waals surface area contributed by atoms with Crippen LogP contribution in [0, 0.1) is 0 Å². The summed E-state index contributed by atoms with van der Waals surface area (Å²) in [5.74, 6) is 0.646. The first-order valence-corrected chi connectivity index (χ1v) is 14.8. The van der Waals surface area contributed by atoms with Gasteiger partial charge in [0.05, 0.1) is 22.1 Å². The van der Waals surface area contributed by atoms with E-state index in [0.717, 1.165) is 49.9 Å². The Labute approximate surface area is 253 Å². The van der Waals surface area contributed by atoms with Gasteiger partial charge in [-0.05, 0) is 47.5 Å². The summed E-state index contributed by atoms with van der Waals surface area (Å²) in [6, 6.07) is 52.7. The third-order valence-electron chi connectivity index (χ3n) is 8.43. The Morgan fingerprint density at radius 1 is 0.455 bits per heavy atom. The van der Waals surface area contributed by atoms with Crippen molar-refractivity contribution in [3.8, 4) is 39.5 Å². The first-order valence-electron chi connectivity index (χ1n) is 14.8. The van der Waals surface area contributed by atoms with E-state index in [-0.39, 0.29) is 0 Å². The molecule has 0 N–H and O–H groups in total. The van der Waals surface area contributed by atoms with Crippen LogP contribution in [0.2, 0.25) is 0 Å². The van der Waals surface area contributed by atoms with Gasteiger partial charge in [-0.25, -0.2) is 4.98 Å². The van der Waals surface area contributed by atoms with Crippen LogP contribution in [0.15, 0.2) is 156 Å². The number of benzene rings is 6. The average molecular weight is 564 g/mol. The van der Waals surface area contributed by atoms with Crippen LogP contribution in [0.1, 0.15) is 0 Å². The van der Waals surface area contributed by atoms with Crippen molar-refractivity contribution in [3.63, 3.8) is 0 Å². The molecule has 206 valence electrons. The van der Waals surface area contributed by atoms with Gasteiger partial charge in [0.25, 0.3) is 0 Å². The fourth-order valence-corrected chi connectivity index (χ4v) is 6.38. The molecule has 4 heteroatoms. The second-order valence-electron chi connectivity index (χ2n) is 11.0. The normalized spacial score (nSPS) is 11.6. The number of hydrogen-bond acceptors (Lipinski definition) is 3. The Morgan fingerprint density at radius 3 is 1.89 bits per heavy atom. The van der Waals surface area contributed by atoms with Crippen LogP contribution in [0.4, 0.5) is 0 Å². The topological polar surface area (TPSA) is 43.9 Å². The van der Waals surface area contributed by atoms with Gasteiger partial charge in [-0.2, -0.15) is 4.98 Å². The monoisotopic (exact) mass is 563 g/mol. The van der Waals surface area contributed by atoms with Crippen LogP contribution >= 0.6 is 0 Å². The van der Waals surface area contributed by atoms with Crippen molar-refractivity contribution < 1.29 is 4.42 Å². The van der Waals surface area contributed by atoms with Crippen molar-refractivity contribution in [2.45, 2.75) is 0 Å². The Bertz CT molecular complexity index is 2480. The van der Waals surface area contributed by atoms with E-state index < -0.39 is 0 Å². The number of rotatable bonds is 4. The Hall–Kier alpha value is -6.00.